The quantitative estimate of drug-likeness (QED) is 0.628. The Morgan fingerprint density at radius 1 is 1.35 bits per heavy atom. The zero-order chi connectivity index (χ0) is 14.5. The lowest BCUT2D eigenvalue weighted by Crippen LogP contribution is -2.08. The summed E-state index contributed by atoms with van der Waals surface area (Å²) in [5.41, 5.74) is 6.18. The van der Waals surface area contributed by atoms with Gasteiger partial charge in [0.2, 0.25) is 0 Å². The highest BCUT2D eigenvalue weighted by Crippen LogP contribution is 2.23. The summed E-state index contributed by atoms with van der Waals surface area (Å²) in [5.74, 6) is 0.858. The van der Waals surface area contributed by atoms with Gasteiger partial charge in [0.05, 0.1) is 0 Å². The van der Waals surface area contributed by atoms with Gasteiger partial charge in [0.1, 0.15) is 17.5 Å². The standard InChI is InChI=1S/C12H15N5O2S/c1-3-19-6-9-15-8(13)5-11(16-9)20-12-14-7(2)4-10(18)17-12/h4-5H,3,6H2,1-2H3,(H2,13,15,16)(H,14,17,18). The predicted octanol–water partition coefficient (Wildman–Crippen LogP) is 1.14. The van der Waals surface area contributed by atoms with Crippen LogP contribution in [0.5, 0.6) is 0 Å². The zero-order valence-electron chi connectivity index (χ0n) is 11.2. The van der Waals surface area contributed by atoms with Crippen LogP contribution in [-0.4, -0.2) is 26.5 Å². The van der Waals surface area contributed by atoms with Crippen LogP contribution in [0.15, 0.2) is 27.1 Å². The van der Waals surface area contributed by atoms with E-state index in [4.69, 9.17) is 10.5 Å². The molecular formula is C12H15N5O2S. The predicted molar refractivity (Wildman–Crippen MR) is 75.5 cm³/mol. The number of nitrogen functional groups attached to an aromatic ring is 1. The maximum absolute atomic E-state index is 11.4. The first kappa shape index (κ1) is 14.5. The van der Waals surface area contributed by atoms with Crippen molar-refractivity contribution in [2.75, 3.05) is 12.3 Å². The normalized spacial score (nSPS) is 10.7. The average Bonchev–Trinajstić information content (AvgIpc) is 2.34. The molecule has 2 rings (SSSR count). The Balaban J connectivity index is 2.23. The summed E-state index contributed by atoms with van der Waals surface area (Å²) in [4.78, 5) is 26.7. The zero-order valence-corrected chi connectivity index (χ0v) is 12.0. The highest BCUT2D eigenvalue weighted by atomic mass is 32.2. The van der Waals surface area contributed by atoms with E-state index in [1.807, 2.05) is 6.92 Å². The molecule has 0 bridgehead atoms. The van der Waals surface area contributed by atoms with Crippen molar-refractivity contribution < 1.29 is 4.74 Å². The van der Waals surface area contributed by atoms with Gasteiger partial charge < -0.3 is 15.5 Å². The van der Waals surface area contributed by atoms with Crippen molar-refractivity contribution in [3.63, 3.8) is 0 Å². The van der Waals surface area contributed by atoms with E-state index in [1.54, 1.807) is 13.0 Å². The van der Waals surface area contributed by atoms with Crippen molar-refractivity contribution >= 4 is 17.6 Å². The van der Waals surface area contributed by atoms with E-state index in [9.17, 15) is 4.79 Å². The second-order valence-corrected chi connectivity index (χ2v) is 4.99. The van der Waals surface area contributed by atoms with Crippen molar-refractivity contribution in [2.45, 2.75) is 30.6 Å². The fourth-order valence-corrected chi connectivity index (χ4v) is 2.37. The number of ether oxygens (including phenoxy) is 1. The molecule has 2 aromatic rings. The molecule has 0 atom stereocenters. The SMILES string of the molecule is CCOCc1nc(N)cc(Sc2nc(C)cc(=O)[nH]2)n1. The number of nitrogens with two attached hydrogens (primary N) is 1. The Kier molecular flexibility index (Phi) is 4.70. The lowest BCUT2D eigenvalue weighted by molar-refractivity contribution is 0.128. The number of nitrogens with zero attached hydrogens (tertiary/aromatic N) is 3. The summed E-state index contributed by atoms with van der Waals surface area (Å²) in [7, 11) is 0. The van der Waals surface area contributed by atoms with Gasteiger partial charge in [-0.1, -0.05) is 0 Å². The van der Waals surface area contributed by atoms with E-state index in [1.165, 1.54) is 17.8 Å². The highest BCUT2D eigenvalue weighted by Gasteiger charge is 2.07. The molecular weight excluding hydrogens is 278 g/mol. The molecule has 8 heteroatoms. The molecule has 7 nitrogen and oxygen atoms in total. The molecule has 0 saturated heterocycles. The van der Waals surface area contributed by atoms with Gasteiger partial charge in [0.25, 0.3) is 5.56 Å². The number of H-pyrrole nitrogens is 1. The van der Waals surface area contributed by atoms with Crippen molar-refractivity contribution in [3.05, 3.63) is 34.0 Å². The lowest BCUT2D eigenvalue weighted by atomic mass is 10.5. The van der Waals surface area contributed by atoms with Crippen molar-refractivity contribution in [1.29, 1.82) is 0 Å². The molecule has 0 aliphatic carbocycles. The summed E-state index contributed by atoms with van der Waals surface area (Å²) in [6.07, 6.45) is 0. The average molecular weight is 293 g/mol. The van der Waals surface area contributed by atoms with E-state index >= 15 is 0 Å². The third kappa shape index (κ3) is 4.04. The summed E-state index contributed by atoms with van der Waals surface area (Å²) in [6.45, 7) is 4.53. The first-order chi connectivity index (χ1) is 9.56. The Labute approximate surface area is 120 Å². The van der Waals surface area contributed by atoms with E-state index in [2.05, 4.69) is 19.9 Å². The number of aromatic amines is 1. The first-order valence-corrected chi connectivity index (χ1v) is 6.85. The third-order valence-electron chi connectivity index (χ3n) is 2.25. The smallest absolute Gasteiger partial charge is 0.251 e. The number of aryl methyl sites for hydroxylation is 1. The minimum Gasteiger partial charge on any atom is -0.384 e. The Morgan fingerprint density at radius 2 is 2.15 bits per heavy atom. The molecule has 0 aliphatic rings. The van der Waals surface area contributed by atoms with Crippen LogP contribution in [0.2, 0.25) is 0 Å². The van der Waals surface area contributed by atoms with Crippen molar-refractivity contribution in [3.8, 4) is 0 Å². The van der Waals surface area contributed by atoms with Gasteiger partial charge in [-0.2, -0.15) is 0 Å². The number of nitrogens with one attached hydrogen (secondary N) is 1. The summed E-state index contributed by atoms with van der Waals surface area (Å²) in [6, 6.07) is 3.06. The van der Waals surface area contributed by atoms with Crippen LogP contribution in [0.1, 0.15) is 18.4 Å². The minimum atomic E-state index is -0.198. The van der Waals surface area contributed by atoms with Gasteiger partial charge in [0, 0.05) is 24.4 Å². The molecule has 0 radical (unpaired) electrons. The number of anilines is 1. The molecule has 2 heterocycles. The van der Waals surface area contributed by atoms with Gasteiger partial charge in [0.15, 0.2) is 11.0 Å². The lowest BCUT2D eigenvalue weighted by Gasteiger charge is -2.05. The second kappa shape index (κ2) is 6.49. The number of hydrogen-bond acceptors (Lipinski definition) is 7. The fraction of sp³-hybridized carbons (Fsp3) is 0.333. The molecule has 0 amide bonds. The summed E-state index contributed by atoms with van der Waals surface area (Å²) >= 11 is 1.22. The van der Waals surface area contributed by atoms with E-state index in [0.717, 1.165) is 0 Å². The van der Waals surface area contributed by atoms with Crippen LogP contribution >= 0.6 is 11.8 Å². The number of hydrogen-bond donors (Lipinski definition) is 2. The Morgan fingerprint density at radius 3 is 2.85 bits per heavy atom. The number of aromatic nitrogens is 4. The van der Waals surface area contributed by atoms with Crippen LogP contribution in [-0.2, 0) is 11.3 Å². The number of rotatable bonds is 5. The molecule has 20 heavy (non-hydrogen) atoms. The second-order valence-electron chi connectivity index (χ2n) is 3.98. The van der Waals surface area contributed by atoms with E-state index < -0.39 is 0 Å². The maximum Gasteiger partial charge on any atom is 0.251 e. The van der Waals surface area contributed by atoms with Gasteiger partial charge in [-0.25, -0.2) is 15.0 Å². The molecule has 0 fully saturated rings. The highest BCUT2D eigenvalue weighted by molar-refractivity contribution is 7.99. The molecule has 0 aromatic carbocycles. The van der Waals surface area contributed by atoms with Crippen LogP contribution < -0.4 is 11.3 Å². The Hall–Kier alpha value is -1.93. The molecule has 2 aromatic heterocycles. The van der Waals surface area contributed by atoms with Gasteiger partial charge in [-0.15, -0.1) is 0 Å². The van der Waals surface area contributed by atoms with E-state index in [0.29, 0.717) is 40.7 Å². The van der Waals surface area contributed by atoms with Crippen LogP contribution in [0.3, 0.4) is 0 Å². The van der Waals surface area contributed by atoms with Crippen LogP contribution in [0.4, 0.5) is 5.82 Å². The third-order valence-corrected chi connectivity index (χ3v) is 3.06. The Bertz CT molecular complexity index is 659. The topological polar surface area (TPSA) is 107 Å². The summed E-state index contributed by atoms with van der Waals surface area (Å²) in [5, 5.41) is 1.08. The van der Waals surface area contributed by atoms with Gasteiger partial charge in [-0.05, 0) is 25.6 Å². The largest absolute Gasteiger partial charge is 0.384 e. The summed E-state index contributed by atoms with van der Waals surface area (Å²) < 4.78 is 5.25. The molecule has 0 spiro atoms. The molecule has 0 saturated carbocycles. The van der Waals surface area contributed by atoms with Crippen molar-refractivity contribution in [2.24, 2.45) is 0 Å². The first-order valence-electron chi connectivity index (χ1n) is 6.04. The molecule has 0 unspecified atom stereocenters. The monoisotopic (exact) mass is 293 g/mol. The maximum atomic E-state index is 11.4. The van der Waals surface area contributed by atoms with Gasteiger partial charge >= 0.3 is 0 Å². The molecule has 0 aliphatic heterocycles. The van der Waals surface area contributed by atoms with Crippen LogP contribution in [0, 0.1) is 6.92 Å². The van der Waals surface area contributed by atoms with Crippen LogP contribution in [0.25, 0.3) is 0 Å². The fourth-order valence-electron chi connectivity index (χ4n) is 1.50. The van der Waals surface area contributed by atoms with Crippen molar-refractivity contribution in [1.82, 2.24) is 19.9 Å². The van der Waals surface area contributed by atoms with E-state index in [-0.39, 0.29) is 5.56 Å². The molecule has 3 N–H and O–H groups in total. The van der Waals surface area contributed by atoms with Gasteiger partial charge in [-0.3, -0.25) is 4.79 Å². The minimum absolute atomic E-state index is 0.198. The molecule has 106 valence electrons.